The smallest absolute Gasteiger partial charge is 0.376 e. The molecule has 174 valence electrons. The number of alkyl halides is 3. The van der Waals surface area contributed by atoms with Crippen molar-refractivity contribution in [3.8, 4) is 0 Å². The number of nitrogens with one attached hydrogen (secondary N) is 1. The molecule has 6 nitrogen and oxygen atoms in total. The van der Waals surface area contributed by atoms with Crippen LogP contribution in [-0.2, 0) is 12.7 Å². The first-order valence-electron chi connectivity index (χ1n) is 10.4. The fourth-order valence-corrected chi connectivity index (χ4v) is 3.65. The second-order valence-electron chi connectivity index (χ2n) is 7.92. The highest BCUT2D eigenvalue weighted by Gasteiger charge is 2.31. The van der Waals surface area contributed by atoms with E-state index in [4.69, 9.17) is 0 Å². The van der Waals surface area contributed by atoms with E-state index >= 15 is 0 Å². The Bertz CT molecular complexity index is 1410. The summed E-state index contributed by atoms with van der Waals surface area (Å²) < 4.78 is 41.1. The topological polar surface area (TPSA) is 67.2 Å². The minimum absolute atomic E-state index is 0.0171. The fraction of sp³-hybridized carbons (Fsp3) is 0.160. The van der Waals surface area contributed by atoms with Crippen molar-refractivity contribution in [1.82, 2.24) is 9.78 Å². The number of rotatable bonds is 5. The average molecular weight is 466 g/mol. The van der Waals surface area contributed by atoms with Crippen molar-refractivity contribution in [3.63, 3.8) is 0 Å². The van der Waals surface area contributed by atoms with Gasteiger partial charge in [-0.1, -0.05) is 48.5 Å². The number of aromatic nitrogens is 2. The summed E-state index contributed by atoms with van der Waals surface area (Å²) in [7, 11) is 3.32. The number of hydrogen-bond donors (Lipinski definition) is 1. The van der Waals surface area contributed by atoms with Gasteiger partial charge in [0.05, 0.1) is 28.9 Å². The van der Waals surface area contributed by atoms with Gasteiger partial charge in [-0.3, -0.25) is 9.59 Å². The van der Waals surface area contributed by atoms with Gasteiger partial charge in [-0.15, -0.1) is 0 Å². The SMILES string of the molecule is CN(C)c1ccc(C(F)(F)F)cc1NC(=O)c1nn(Cc2ccccc2)c(=O)c2ccccc12. The molecule has 0 unspecified atom stereocenters. The standard InChI is InChI=1S/C25H21F3N4O2/c1-31(2)21-13-12-17(25(26,27)28)14-20(21)29-23(33)22-18-10-6-7-11-19(18)24(34)32(30-22)15-16-8-4-3-5-9-16/h3-14H,15H2,1-2H3,(H,29,33). The first-order valence-corrected chi connectivity index (χ1v) is 10.4. The molecule has 0 aliphatic rings. The molecule has 34 heavy (non-hydrogen) atoms. The van der Waals surface area contributed by atoms with Gasteiger partial charge in [-0.2, -0.15) is 18.3 Å². The van der Waals surface area contributed by atoms with Gasteiger partial charge in [0, 0.05) is 19.5 Å². The van der Waals surface area contributed by atoms with Crippen LogP contribution in [0.15, 0.2) is 77.6 Å². The third kappa shape index (κ3) is 4.63. The van der Waals surface area contributed by atoms with E-state index in [1.54, 1.807) is 43.3 Å². The van der Waals surface area contributed by atoms with Crippen molar-refractivity contribution in [1.29, 1.82) is 0 Å². The van der Waals surface area contributed by atoms with E-state index in [0.29, 0.717) is 11.1 Å². The Balaban J connectivity index is 1.80. The minimum atomic E-state index is -4.57. The third-order valence-electron chi connectivity index (χ3n) is 5.31. The van der Waals surface area contributed by atoms with Crippen LogP contribution >= 0.6 is 0 Å². The maximum Gasteiger partial charge on any atom is 0.416 e. The second-order valence-corrected chi connectivity index (χ2v) is 7.92. The van der Waals surface area contributed by atoms with Crippen molar-refractivity contribution in [2.24, 2.45) is 0 Å². The highest BCUT2D eigenvalue weighted by Crippen LogP contribution is 2.35. The van der Waals surface area contributed by atoms with Crippen molar-refractivity contribution in [3.05, 3.63) is 100.0 Å². The van der Waals surface area contributed by atoms with Gasteiger partial charge >= 0.3 is 6.18 Å². The first kappa shape index (κ1) is 23.0. The molecule has 4 aromatic rings. The molecule has 0 fully saturated rings. The molecule has 0 saturated carbocycles. The van der Waals surface area contributed by atoms with Crippen molar-refractivity contribution in [2.75, 3.05) is 24.3 Å². The summed E-state index contributed by atoms with van der Waals surface area (Å²) in [6.07, 6.45) is -4.57. The van der Waals surface area contributed by atoms with Crippen LogP contribution in [0.2, 0.25) is 0 Å². The van der Waals surface area contributed by atoms with E-state index in [2.05, 4.69) is 10.4 Å². The van der Waals surface area contributed by atoms with Crippen LogP contribution < -0.4 is 15.8 Å². The van der Waals surface area contributed by atoms with Crippen LogP contribution in [-0.4, -0.2) is 29.8 Å². The first-order chi connectivity index (χ1) is 16.1. The second kappa shape index (κ2) is 9.01. The number of carbonyl (C=O) groups is 1. The summed E-state index contributed by atoms with van der Waals surface area (Å²) >= 11 is 0. The Morgan fingerprint density at radius 2 is 1.62 bits per heavy atom. The quantitative estimate of drug-likeness (QED) is 0.460. The molecule has 4 rings (SSSR count). The normalized spacial score (nSPS) is 11.4. The number of nitrogens with zero attached hydrogens (tertiary/aromatic N) is 3. The lowest BCUT2D eigenvalue weighted by Crippen LogP contribution is -2.28. The predicted octanol–water partition coefficient (Wildman–Crippen LogP) is 4.78. The molecular weight excluding hydrogens is 445 g/mol. The van der Waals surface area contributed by atoms with Crippen molar-refractivity contribution >= 4 is 28.1 Å². The summed E-state index contributed by atoms with van der Waals surface area (Å²) in [5.74, 6) is -0.722. The summed E-state index contributed by atoms with van der Waals surface area (Å²) in [4.78, 5) is 27.9. The summed E-state index contributed by atoms with van der Waals surface area (Å²) in [6, 6.07) is 18.8. The van der Waals surface area contributed by atoms with E-state index in [1.165, 1.54) is 10.7 Å². The zero-order chi connectivity index (χ0) is 24.5. The number of halogens is 3. The molecule has 1 N–H and O–H groups in total. The van der Waals surface area contributed by atoms with E-state index in [-0.39, 0.29) is 28.9 Å². The maximum absolute atomic E-state index is 13.3. The molecule has 0 aliphatic heterocycles. The van der Waals surface area contributed by atoms with Crippen LogP contribution in [0.4, 0.5) is 24.5 Å². The minimum Gasteiger partial charge on any atom is -0.376 e. The average Bonchev–Trinajstić information content (AvgIpc) is 2.80. The number of hydrogen-bond acceptors (Lipinski definition) is 4. The molecule has 0 atom stereocenters. The molecule has 0 aliphatic carbocycles. The Morgan fingerprint density at radius 1 is 0.971 bits per heavy atom. The van der Waals surface area contributed by atoms with Gasteiger partial charge in [0.15, 0.2) is 5.69 Å². The summed E-state index contributed by atoms with van der Waals surface area (Å²) in [5, 5.41) is 7.46. The number of benzene rings is 3. The van der Waals surface area contributed by atoms with Crippen LogP contribution in [0.1, 0.15) is 21.6 Å². The molecule has 9 heteroatoms. The molecule has 3 aromatic carbocycles. The molecule has 0 saturated heterocycles. The largest absolute Gasteiger partial charge is 0.416 e. The van der Waals surface area contributed by atoms with Gasteiger partial charge in [0.25, 0.3) is 11.5 Å². The highest BCUT2D eigenvalue weighted by molar-refractivity contribution is 6.12. The Hall–Kier alpha value is -4.14. The Kier molecular flexibility index (Phi) is 6.10. The van der Waals surface area contributed by atoms with Gasteiger partial charge in [0.1, 0.15) is 0 Å². The maximum atomic E-state index is 13.3. The van der Waals surface area contributed by atoms with E-state index in [1.807, 2.05) is 30.3 Å². The predicted molar refractivity (Wildman–Crippen MR) is 125 cm³/mol. The number of amides is 1. The van der Waals surface area contributed by atoms with Gasteiger partial charge in [0.2, 0.25) is 0 Å². The van der Waals surface area contributed by atoms with Crippen LogP contribution in [0.3, 0.4) is 0 Å². The number of carbonyl (C=O) groups excluding carboxylic acids is 1. The lowest BCUT2D eigenvalue weighted by atomic mass is 10.1. The fourth-order valence-electron chi connectivity index (χ4n) is 3.65. The molecule has 1 aromatic heterocycles. The molecule has 0 bridgehead atoms. The molecule has 0 spiro atoms. The monoisotopic (exact) mass is 466 g/mol. The van der Waals surface area contributed by atoms with Gasteiger partial charge in [-0.05, 0) is 29.8 Å². The van der Waals surface area contributed by atoms with E-state index in [9.17, 15) is 22.8 Å². The summed E-state index contributed by atoms with van der Waals surface area (Å²) in [5.41, 5.74) is -0.135. The zero-order valence-corrected chi connectivity index (χ0v) is 18.4. The Labute approximate surface area is 193 Å². The zero-order valence-electron chi connectivity index (χ0n) is 18.4. The number of anilines is 2. The van der Waals surface area contributed by atoms with Gasteiger partial charge < -0.3 is 10.2 Å². The molecule has 1 amide bonds. The van der Waals surface area contributed by atoms with E-state index in [0.717, 1.165) is 17.7 Å². The lowest BCUT2D eigenvalue weighted by Gasteiger charge is -2.20. The molecule has 0 radical (unpaired) electrons. The molecular formula is C25H21F3N4O2. The highest BCUT2D eigenvalue weighted by atomic mass is 19.4. The Morgan fingerprint density at radius 3 is 2.26 bits per heavy atom. The van der Waals surface area contributed by atoms with Crippen LogP contribution in [0.5, 0.6) is 0 Å². The third-order valence-corrected chi connectivity index (χ3v) is 5.31. The summed E-state index contributed by atoms with van der Waals surface area (Å²) in [6.45, 7) is 0.136. The van der Waals surface area contributed by atoms with Crippen molar-refractivity contribution < 1.29 is 18.0 Å². The van der Waals surface area contributed by atoms with E-state index < -0.39 is 17.6 Å². The van der Waals surface area contributed by atoms with Gasteiger partial charge in [-0.25, -0.2) is 4.68 Å². The lowest BCUT2D eigenvalue weighted by molar-refractivity contribution is -0.137. The van der Waals surface area contributed by atoms with Crippen molar-refractivity contribution in [2.45, 2.75) is 12.7 Å². The number of fused-ring (bicyclic) bond motifs is 1. The van der Waals surface area contributed by atoms with Crippen LogP contribution in [0, 0.1) is 0 Å². The molecule has 1 heterocycles. The van der Waals surface area contributed by atoms with Crippen LogP contribution in [0.25, 0.3) is 10.8 Å².